The van der Waals surface area contributed by atoms with Crippen LogP contribution < -0.4 is 0 Å². The van der Waals surface area contributed by atoms with E-state index >= 15 is 0 Å². The van der Waals surface area contributed by atoms with Crippen LogP contribution in [-0.2, 0) is 0 Å². The molecule has 0 saturated heterocycles. The first kappa shape index (κ1) is 9.25. The van der Waals surface area contributed by atoms with E-state index in [1.807, 2.05) is 0 Å². The summed E-state index contributed by atoms with van der Waals surface area (Å²) in [5.74, 6) is -1.73. The predicted molar refractivity (Wildman–Crippen MR) is 46.1 cm³/mol. The van der Waals surface area contributed by atoms with Crippen LogP contribution in [0.25, 0.3) is 5.69 Å². The van der Waals surface area contributed by atoms with Gasteiger partial charge in [-0.2, -0.15) is 4.68 Å². The molecule has 76 valence electrons. The molecule has 0 atom stereocenters. The lowest BCUT2D eigenvalue weighted by Gasteiger charge is -2.02. The minimum absolute atomic E-state index is 0.0000926. The number of rotatable bonds is 2. The molecule has 0 unspecified atom stereocenters. The molecule has 1 N–H and O–H groups in total. The molecule has 0 aliphatic heterocycles. The topological polar surface area (TPSA) is 80.9 Å². The van der Waals surface area contributed by atoms with Crippen LogP contribution in [0.1, 0.15) is 10.4 Å². The van der Waals surface area contributed by atoms with Gasteiger partial charge in [0.25, 0.3) is 0 Å². The Bertz CT molecular complexity index is 497. The summed E-state index contributed by atoms with van der Waals surface area (Å²) in [7, 11) is 0. The third-order valence-electron chi connectivity index (χ3n) is 1.79. The highest BCUT2D eigenvalue weighted by Crippen LogP contribution is 2.13. The van der Waals surface area contributed by atoms with E-state index in [1.54, 1.807) is 0 Å². The Morgan fingerprint density at radius 2 is 2.27 bits per heavy atom. The second-order valence-corrected chi connectivity index (χ2v) is 2.73. The number of carboxylic acid groups (broad SMARTS) is 1. The standard InChI is InChI=1S/C8H5FN4O2/c9-6-2-1-5(8(14)15)3-7(6)13-4-10-11-12-13/h1-4H,(H,14,15). The Labute approximate surface area is 83.0 Å². The monoisotopic (exact) mass is 208 g/mol. The molecule has 0 spiro atoms. The average molecular weight is 208 g/mol. The van der Waals surface area contributed by atoms with Crippen molar-refractivity contribution in [1.82, 2.24) is 20.2 Å². The van der Waals surface area contributed by atoms with Gasteiger partial charge in [-0.3, -0.25) is 0 Å². The number of hydrogen-bond donors (Lipinski definition) is 1. The lowest BCUT2D eigenvalue weighted by Crippen LogP contribution is -2.03. The van der Waals surface area contributed by atoms with E-state index in [1.165, 1.54) is 12.4 Å². The molecule has 1 aromatic heterocycles. The Balaban J connectivity index is 2.55. The van der Waals surface area contributed by atoms with Crippen molar-refractivity contribution >= 4 is 5.97 Å². The number of hydrogen-bond acceptors (Lipinski definition) is 4. The number of halogens is 1. The van der Waals surface area contributed by atoms with Gasteiger partial charge in [0.05, 0.1) is 5.56 Å². The first-order chi connectivity index (χ1) is 7.18. The number of tetrazole rings is 1. The van der Waals surface area contributed by atoms with Crippen LogP contribution in [0.2, 0.25) is 0 Å². The van der Waals surface area contributed by atoms with Gasteiger partial charge in [0, 0.05) is 0 Å². The molecule has 0 saturated carbocycles. The molecule has 0 amide bonds. The van der Waals surface area contributed by atoms with E-state index in [9.17, 15) is 9.18 Å². The molecule has 0 bridgehead atoms. The quantitative estimate of drug-likeness (QED) is 0.777. The molecule has 1 aromatic carbocycles. The van der Waals surface area contributed by atoms with Gasteiger partial charge >= 0.3 is 5.97 Å². The van der Waals surface area contributed by atoms with Crippen molar-refractivity contribution in [2.24, 2.45) is 0 Å². The maximum atomic E-state index is 13.3. The van der Waals surface area contributed by atoms with Gasteiger partial charge in [-0.05, 0) is 28.6 Å². The predicted octanol–water partition coefficient (Wildman–Crippen LogP) is 0.500. The molecular formula is C8H5FN4O2. The summed E-state index contributed by atoms with van der Waals surface area (Å²) in [6.07, 6.45) is 1.18. The number of benzene rings is 1. The van der Waals surface area contributed by atoms with Crippen molar-refractivity contribution in [2.45, 2.75) is 0 Å². The maximum absolute atomic E-state index is 13.3. The van der Waals surface area contributed by atoms with Gasteiger partial charge in [-0.25, -0.2) is 9.18 Å². The molecule has 15 heavy (non-hydrogen) atoms. The molecule has 6 nitrogen and oxygen atoms in total. The fourth-order valence-corrected chi connectivity index (χ4v) is 1.09. The van der Waals surface area contributed by atoms with Crippen molar-refractivity contribution in [2.75, 3.05) is 0 Å². The lowest BCUT2D eigenvalue weighted by molar-refractivity contribution is 0.0697. The van der Waals surface area contributed by atoms with E-state index in [0.717, 1.165) is 16.8 Å². The third kappa shape index (κ3) is 1.66. The largest absolute Gasteiger partial charge is 0.478 e. The van der Waals surface area contributed by atoms with Crippen molar-refractivity contribution in [3.63, 3.8) is 0 Å². The van der Waals surface area contributed by atoms with Gasteiger partial charge in [0.1, 0.15) is 17.8 Å². The Kier molecular flexibility index (Phi) is 2.13. The van der Waals surface area contributed by atoms with Gasteiger partial charge in [0.15, 0.2) is 0 Å². The summed E-state index contributed by atoms with van der Waals surface area (Å²) in [5.41, 5.74) is -0.0261. The number of aromatic nitrogens is 4. The highest BCUT2D eigenvalue weighted by Gasteiger charge is 2.10. The lowest BCUT2D eigenvalue weighted by atomic mass is 10.2. The van der Waals surface area contributed by atoms with Crippen LogP contribution in [0.4, 0.5) is 4.39 Å². The molecule has 0 radical (unpaired) electrons. The highest BCUT2D eigenvalue weighted by molar-refractivity contribution is 5.88. The van der Waals surface area contributed by atoms with Crippen molar-refractivity contribution < 1.29 is 14.3 Å². The van der Waals surface area contributed by atoms with Crippen LogP contribution in [0.5, 0.6) is 0 Å². The van der Waals surface area contributed by atoms with Crippen molar-refractivity contribution in [1.29, 1.82) is 0 Å². The van der Waals surface area contributed by atoms with E-state index < -0.39 is 11.8 Å². The van der Waals surface area contributed by atoms with Crippen LogP contribution >= 0.6 is 0 Å². The van der Waals surface area contributed by atoms with E-state index in [-0.39, 0.29) is 11.3 Å². The van der Waals surface area contributed by atoms with E-state index in [0.29, 0.717) is 0 Å². The number of nitrogens with zero attached hydrogens (tertiary/aromatic N) is 4. The SMILES string of the molecule is O=C(O)c1ccc(F)c(-n2cnnn2)c1. The second kappa shape index (κ2) is 3.45. The number of carbonyl (C=O) groups is 1. The molecule has 2 aromatic rings. The Morgan fingerprint density at radius 1 is 1.47 bits per heavy atom. The molecule has 2 rings (SSSR count). The normalized spacial score (nSPS) is 10.2. The van der Waals surface area contributed by atoms with Crippen LogP contribution in [0, 0.1) is 5.82 Å². The zero-order valence-electron chi connectivity index (χ0n) is 7.33. The average Bonchev–Trinajstić information content (AvgIpc) is 2.71. The summed E-state index contributed by atoms with van der Waals surface area (Å²) < 4.78 is 14.3. The first-order valence-electron chi connectivity index (χ1n) is 3.94. The van der Waals surface area contributed by atoms with Crippen molar-refractivity contribution in [3.8, 4) is 5.69 Å². The van der Waals surface area contributed by atoms with Gasteiger partial charge in [0.2, 0.25) is 0 Å². The van der Waals surface area contributed by atoms with E-state index in [4.69, 9.17) is 5.11 Å². The van der Waals surface area contributed by atoms with Gasteiger partial charge in [-0.15, -0.1) is 5.10 Å². The zero-order chi connectivity index (χ0) is 10.8. The van der Waals surface area contributed by atoms with Crippen LogP contribution in [0.3, 0.4) is 0 Å². The minimum atomic E-state index is -1.13. The van der Waals surface area contributed by atoms with Gasteiger partial charge in [-0.1, -0.05) is 0 Å². The third-order valence-corrected chi connectivity index (χ3v) is 1.79. The molecule has 0 fully saturated rings. The molecule has 7 heteroatoms. The Hall–Kier alpha value is -2.31. The summed E-state index contributed by atoms with van der Waals surface area (Å²) in [4.78, 5) is 10.7. The van der Waals surface area contributed by atoms with Crippen molar-refractivity contribution in [3.05, 3.63) is 35.9 Å². The van der Waals surface area contributed by atoms with Crippen LogP contribution in [0.15, 0.2) is 24.5 Å². The second-order valence-electron chi connectivity index (χ2n) is 2.73. The fourth-order valence-electron chi connectivity index (χ4n) is 1.09. The summed E-state index contributed by atoms with van der Waals surface area (Å²) in [6.45, 7) is 0. The first-order valence-corrected chi connectivity index (χ1v) is 3.94. The summed E-state index contributed by atoms with van der Waals surface area (Å²) in [5, 5.41) is 18.8. The summed E-state index contributed by atoms with van der Waals surface area (Å²) in [6, 6.07) is 3.39. The minimum Gasteiger partial charge on any atom is -0.478 e. The molecule has 1 heterocycles. The summed E-state index contributed by atoms with van der Waals surface area (Å²) >= 11 is 0. The zero-order valence-corrected chi connectivity index (χ0v) is 7.33. The highest BCUT2D eigenvalue weighted by atomic mass is 19.1. The molecular weight excluding hydrogens is 203 g/mol. The smallest absolute Gasteiger partial charge is 0.335 e. The van der Waals surface area contributed by atoms with Crippen LogP contribution in [-0.4, -0.2) is 31.3 Å². The number of aromatic carboxylic acids is 1. The molecule has 0 aliphatic carbocycles. The maximum Gasteiger partial charge on any atom is 0.335 e. The number of carboxylic acids is 1. The molecule has 0 aliphatic rings. The Morgan fingerprint density at radius 3 is 2.87 bits per heavy atom. The van der Waals surface area contributed by atoms with Gasteiger partial charge < -0.3 is 5.11 Å². The fraction of sp³-hybridized carbons (Fsp3) is 0. The van der Waals surface area contributed by atoms with E-state index in [2.05, 4.69) is 15.5 Å².